The number of nitro groups is 1. The number of halogens is 1. The highest BCUT2D eigenvalue weighted by Gasteiger charge is 2.29. The molecule has 0 atom stereocenters. The molecule has 0 saturated heterocycles. The lowest BCUT2D eigenvalue weighted by Gasteiger charge is -2.19. The number of nitrogens with two attached hydrogens (primary N) is 1. The Morgan fingerprint density at radius 3 is 2.50 bits per heavy atom. The second-order valence-electron chi connectivity index (χ2n) is 5.10. The molecule has 7 nitrogen and oxygen atoms in total. The standard InChI is InChI=1S/C15H16ClN3O4S/c1-18(10-11-6-7-13(16)8-12(11)9-17)24(22,23)15-5-3-2-4-14(15)19(20)21/h2-8H,9-10,17H2,1H3. The Kier molecular flexibility index (Phi) is 5.55. The molecule has 0 spiro atoms. The van der Waals surface area contributed by atoms with Crippen molar-refractivity contribution >= 4 is 27.3 Å². The summed E-state index contributed by atoms with van der Waals surface area (Å²) in [4.78, 5) is 10.0. The summed E-state index contributed by atoms with van der Waals surface area (Å²) >= 11 is 5.91. The molecule has 0 aliphatic heterocycles. The van der Waals surface area contributed by atoms with Crippen LogP contribution in [0.1, 0.15) is 11.1 Å². The molecule has 0 aliphatic carbocycles. The van der Waals surface area contributed by atoms with E-state index < -0.39 is 20.6 Å². The van der Waals surface area contributed by atoms with Gasteiger partial charge in [0, 0.05) is 31.2 Å². The van der Waals surface area contributed by atoms with Crippen molar-refractivity contribution in [2.45, 2.75) is 18.0 Å². The van der Waals surface area contributed by atoms with E-state index in [4.69, 9.17) is 17.3 Å². The van der Waals surface area contributed by atoms with Crippen molar-refractivity contribution < 1.29 is 13.3 Å². The maximum Gasteiger partial charge on any atom is 0.289 e. The lowest BCUT2D eigenvalue weighted by molar-refractivity contribution is -0.387. The van der Waals surface area contributed by atoms with Crippen molar-refractivity contribution in [3.05, 3.63) is 68.7 Å². The molecular formula is C15H16ClN3O4S. The third-order valence-electron chi connectivity index (χ3n) is 3.53. The predicted molar refractivity (Wildman–Crippen MR) is 91.1 cm³/mol. The fourth-order valence-corrected chi connectivity index (χ4v) is 3.75. The summed E-state index contributed by atoms with van der Waals surface area (Å²) in [5.41, 5.74) is 6.61. The average Bonchev–Trinajstić information content (AvgIpc) is 2.56. The molecule has 0 aromatic heterocycles. The quantitative estimate of drug-likeness (QED) is 0.622. The normalized spacial score (nSPS) is 11.7. The maximum atomic E-state index is 12.7. The minimum absolute atomic E-state index is 0.0259. The number of nitro benzene ring substituents is 1. The van der Waals surface area contributed by atoms with E-state index in [1.54, 1.807) is 18.2 Å². The molecule has 0 bridgehead atoms. The smallest absolute Gasteiger partial charge is 0.289 e. The SMILES string of the molecule is CN(Cc1ccc(Cl)cc1CN)S(=O)(=O)c1ccccc1[N+](=O)[O-]. The number of nitrogens with zero attached hydrogens (tertiary/aromatic N) is 2. The first-order chi connectivity index (χ1) is 11.3. The minimum atomic E-state index is -4.03. The second-order valence-corrected chi connectivity index (χ2v) is 7.55. The van der Waals surface area contributed by atoms with E-state index in [-0.39, 0.29) is 18.0 Å². The van der Waals surface area contributed by atoms with Gasteiger partial charge in [-0.05, 0) is 29.3 Å². The highest BCUT2D eigenvalue weighted by atomic mass is 35.5. The zero-order chi connectivity index (χ0) is 17.9. The van der Waals surface area contributed by atoms with Crippen LogP contribution in [0.3, 0.4) is 0 Å². The minimum Gasteiger partial charge on any atom is -0.326 e. The van der Waals surface area contributed by atoms with Crippen LogP contribution in [0.5, 0.6) is 0 Å². The van der Waals surface area contributed by atoms with Gasteiger partial charge in [-0.1, -0.05) is 29.8 Å². The van der Waals surface area contributed by atoms with Crippen LogP contribution >= 0.6 is 11.6 Å². The van der Waals surface area contributed by atoms with E-state index >= 15 is 0 Å². The Bertz CT molecular complexity index is 871. The van der Waals surface area contributed by atoms with Crippen LogP contribution in [-0.4, -0.2) is 24.7 Å². The van der Waals surface area contributed by atoms with Gasteiger partial charge in [-0.15, -0.1) is 0 Å². The number of benzene rings is 2. The first-order valence-electron chi connectivity index (χ1n) is 6.94. The van der Waals surface area contributed by atoms with Gasteiger partial charge in [-0.2, -0.15) is 4.31 Å². The summed E-state index contributed by atoms with van der Waals surface area (Å²) in [5.74, 6) is 0. The summed E-state index contributed by atoms with van der Waals surface area (Å²) in [6.45, 7) is 0.230. The van der Waals surface area contributed by atoms with Gasteiger partial charge in [-0.25, -0.2) is 8.42 Å². The van der Waals surface area contributed by atoms with Gasteiger partial charge < -0.3 is 5.73 Å². The third-order valence-corrected chi connectivity index (χ3v) is 5.62. The summed E-state index contributed by atoms with van der Waals surface area (Å²) in [6.07, 6.45) is 0. The molecule has 2 rings (SSSR count). The van der Waals surface area contributed by atoms with Gasteiger partial charge in [0.15, 0.2) is 4.90 Å². The van der Waals surface area contributed by atoms with Crippen molar-refractivity contribution in [2.75, 3.05) is 7.05 Å². The van der Waals surface area contributed by atoms with E-state index in [0.717, 1.165) is 10.4 Å². The van der Waals surface area contributed by atoms with Crippen molar-refractivity contribution in [3.63, 3.8) is 0 Å². The molecule has 0 fully saturated rings. The Morgan fingerprint density at radius 1 is 1.21 bits per heavy atom. The fourth-order valence-electron chi connectivity index (χ4n) is 2.26. The lowest BCUT2D eigenvalue weighted by Crippen LogP contribution is -2.27. The Labute approximate surface area is 144 Å². The van der Waals surface area contributed by atoms with Crippen LogP contribution in [0.4, 0.5) is 5.69 Å². The van der Waals surface area contributed by atoms with E-state index in [0.29, 0.717) is 16.1 Å². The Hall–Kier alpha value is -2.00. The van der Waals surface area contributed by atoms with Gasteiger partial charge >= 0.3 is 0 Å². The summed E-state index contributed by atoms with van der Waals surface area (Å²) < 4.78 is 26.4. The van der Waals surface area contributed by atoms with E-state index in [2.05, 4.69) is 0 Å². The largest absolute Gasteiger partial charge is 0.326 e. The van der Waals surface area contributed by atoms with Crippen LogP contribution in [0.25, 0.3) is 0 Å². The predicted octanol–water partition coefficient (Wildman–Crippen LogP) is 2.53. The van der Waals surface area contributed by atoms with E-state index in [1.165, 1.54) is 25.2 Å². The molecule has 24 heavy (non-hydrogen) atoms. The summed E-state index contributed by atoms with van der Waals surface area (Å²) in [5, 5.41) is 11.6. The van der Waals surface area contributed by atoms with Crippen LogP contribution in [0, 0.1) is 10.1 Å². The summed E-state index contributed by atoms with van der Waals surface area (Å²) in [6, 6.07) is 10.2. The van der Waals surface area contributed by atoms with Gasteiger partial charge in [0.1, 0.15) is 0 Å². The number of para-hydroxylation sites is 1. The first kappa shape index (κ1) is 18.3. The van der Waals surface area contributed by atoms with Crippen molar-refractivity contribution in [1.29, 1.82) is 0 Å². The monoisotopic (exact) mass is 369 g/mol. The van der Waals surface area contributed by atoms with Crippen LogP contribution in [-0.2, 0) is 23.1 Å². The second kappa shape index (κ2) is 7.27. The number of sulfonamides is 1. The molecule has 0 heterocycles. The lowest BCUT2D eigenvalue weighted by atomic mass is 10.1. The highest BCUT2D eigenvalue weighted by molar-refractivity contribution is 7.89. The van der Waals surface area contributed by atoms with Gasteiger partial charge in [0.25, 0.3) is 5.69 Å². The molecule has 0 saturated carbocycles. The first-order valence-corrected chi connectivity index (χ1v) is 8.76. The van der Waals surface area contributed by atoms with Crippen molar-refractivity contribution in [2.24, 2.45) is 5.73 Å². The molecule has 2 aromatic rings. The Morgan fingerprint density at radius 2 is 1.88 bits per heavy atom. The molecule has 0 aliphatic rings. The molecular weight excluding hydrogens is 354 g/mol. The van der Waals surface area contributed by atoms with Gasteiger partial charge in [0.05, 0.1) is 4.92 Å². The Balaban J connectivity index is 2.39. The van der Waals surface area contributed by atoms with Crippen LogP contribution in [0.2, 0.25) is 5.02 Å². The average molecular weight is 370 g/mol. The highest BCUT2D eigenvalue weighted by Crippen LogP contribution is 2.27. The molecule has 128 valence electrons. The van der Waals surface area contributed by atoms with E-state index in [1.807, 2.05) is 0 Å². The van der Waals surface area contributed by atoms with Gasteiger partial charge in [0.2, 0.25) is 10.0 Å². The van der Waals surface area contributed by atoms with Crippen LogP contribution in [0.15, 0.2) is 47.4 Å². The molecule has 0 unspecified atom stereocenters. The third kappa shape index (κ3) is 3.73. The maximum absolute atomic E-state index is 12.7. The number of hydrogen-bond donors (Lipinski definition) is 1. The topological polar surface area (TPSA) is 107 Å². The van der Waals surface area contributed by atoms with Crippen molar-refractivity contribution in [1.82, 2.24) is 4.31 Å². The zero-order valence-electron chi connectivity index (χ0n) is 12.8. The molecule has 2 N–H and O–H groups in total. The molecule has 0 amide bonds. The van der Waals surface area contributed by atoms with Gasteiger partial charge in [-0.3, -0.25) is 10.1 Å². The summed E-state index contributed by atoms with van der Waals surface area (Å²) in [7, 11) is -2.67. The van der Waals surface area contributed by atoms with Crippen LogP contribution < -0.4 is 5.73 Å². The molecule has 9 heteroatoms. The molecule has 0 radical (unpaired) electrons. The molecule has 2 aromatic carbocycles. The van der Waals surface area contributed by atoms with Crippen molar-refractivity contribution in [3.8, 4) is 0 Å². The zero-order valence-corrected chi connectivity index (χ0v) is 14.4. The fraction of sp³-hybridized carbons (Fsp3) is 0.200. The number of hydrogen-bond acceptors (Lipinski definition) is 5. The number of rotatable bonds is 6. The van der Waals surface area contributed by atoms with E-state index in [9.17, 15) is 18.5 Å².